The fourth-order valence-corrected chi connectivity index (χ4v) is 1.96. The number of halogens is 3. The molecule has 2 atom stereocenters. The number of ether oxygens (including phenoxy) is 2. The molecule has 0 radical (unpaired) electrons. The summed E-state index contributed by atoms with van der Waals surface area (Å²) in [6.45, 7) is 1.38. The normalized spacial score (nSPS) is 22.1. The number of benzene rings is 1. The second kappa shape index (κ2) is 5.15. The molecule has 1 aliphatic rings. The van der Waals surface area contributed by atoms with E-state index >= 15 is 0 Å². The van der Waals surface area contributed by atoms with Crippen molar-refractivity contribution in [1.82, 2.24) is 0 Å². The second-order valence-corrected chi connectivity index (χ2v) is 4.29. The van der Waals surface area contributed by atoms with E-state index in [1.807, 2.05) is 0 Å². The van der Waals surface area contributed by atoms with Gasteiger partial charge in [-0.05, 0) is 17.7 Å². The molecule has 0 N–H and O–H groups in total. The SMILES string of the molecule is COC(=O)c1ccc([C@H]2OC(C)=N[C@@H]2C(F)(F)F)cc1. The van der Waals surface area contributed by atoms with Gasteiger partial charge in [0.25, 0.3) is 0 Å². The zero-order valence-electron chi connectivity index (χ0n) is 10.8. The van der Waals surface area contributed by atoms with E-state index in [9.17, 15) is 18.0 Å². The van der Waals surface area contributed by atoms with Crippen LogP contribution in [0.3, 0.4) is 0 Å². The van der Waals surface area contributed by atoms with Crippen molar-refractivity contribution in [2.24, 2.45) is 4.99 Å². The van der Waals surface area contributed by atoms with Gasteiger partial charge in [-0.1, -0.05) is 12.1 Å². The molecule has 0 fully saturated rings. The summed E-state index contributed by atoms with van der Waals surface area (Å²) >= 11 is 0. The highest BCUT2D eigenvalue weighted by Crippen LogP contribution is 2.39. The number of hydrogen-bond donors (Lipinski definition) is 0. The standard InChI is InChI=1S/C13H12F3NO3/c1-7-17-11(13(14,15)16)10(20-7)8-3-5-9(6-4-8)12(18)19-2/h3-6,10-11H,1-2H3/t10-,11+/m1/s1. The number of nitrogens with zero attached hydrogens (tertiary/aromatic N) is 1. The molecule has 1 aromatic carbocycles. The highest BCUT2D eigenvalue weighted by molar-refractivity contribution is 5.89. The Kier molecular flexibility index (Phi) is 3.69. The van der Waals surface area contributed by atoms with Crippen LogP contribution in [-0.2, 0) is 9.47 Å². The van der Waals surface area contributed by atoms with Gasteiger partial charge in [-0.15, -0.1) is 0 Å². The van der Waals surface area contributed by atoms with Gasteiger partial charge in [-0.3, -0.25) is 0 Å². The topological polar surface area (TPSA) is 47.9 Å². The van der Waals surface area contributed by atoms with Gasteiger partial charge >= 0.3 is 12.1 Å². The van der Waals surface area contributed by atoms with Crippen LogP contribution in [0.25, 0.3) is 0 Å². The lowest BCUT2D eigenvalue weighted by Gasteiger charge is -2.20. The van der Waals surface area contributed by atoms with Crippen LogP contribution in [0.5, 0.6) is 0 Å². The van der Waals surface area contributed by atoms with E-state index in [4.69, 9.17) is 4.74 Å². The van der Waals surface area contributed by atoms with Gasteiger partial charge < -0.3 is 9.47 Å². The third kappa shape index (κ3) is 2.76. The predicted octanol–water partition coefficient (Wildman–Crippen LogP) is 2.89. The molecule has 1 aliphatic heterocycles. The van der Waals surface area contributed by atoms with Crippen molar-refractivity contribution in [3.05, 3.63) is 35.4 Å². The number of carbonyl (C=O) groups is 1. The van der Waals surface area contributed by atoms with E-state index in [1.54, 1.807) is 0 Å². The van der Waals surface area contributed by atoms with Crippen molar-refractivity contribution >= 4 is 11.9 Å². The first kappa shape index (κ1) is 14.4. The van der Waals surface area contributed by atoms with Crippen LogP contribution in [0.2, 0.25) is 0 Å². The van der Waals surface area contributed by atoms with Crippen LogP contribution in [-0.4, -0.2) is 31.2 Å². The van der Waals surface area contributed by atoms with Gasteiger partial charge in [0, 0.05) is 6.92 Å². The maximum Gasteiger partial charge on any atom is 0.414 e. The van der Waals surface area contributed by atoms with Gasteiger partial charge in [0.05, 0.1) is 12.7 Å². The summed E-state index contributed by atoms with van der Waals surface area (Å²) in [5.74, 6) is -0.557. The van der Waals surface area contributed by atoms with E-state index in [0.717, 1.165) is 0 Å². The fourth-order valence-electron chi connectivity index (χ4n) is 1.96. The van der Waals surface area contributed by atoms with Gasteiger partial charge in [0.1, 0.15) is 0 Å². The zero-order chi connectivity index (χ0) is 14.9. The summed E-state index contributed by atoms with van der Waals surface area (Å²) in [6.07, 6.45) is -5.70. The Hall–Kier alpha value is -2.05. The maximum atomic E-state index is 12.9. The maximum absolute atomic E-state index is 12.9. The van der Waals surface area contributed by atoms with Crippen LogP contribution in [0.4, 0.5) is 13.2 Å². The molecule has 108 valence electrons. The Labute approximate surface area is 113 Å². The van der Waals surface area contributed by atoms with Crippen LogP contribution in [0.1, 0.15) is 28.9 Å². The molecule has 1 aromatic rings. The number of rotatable bonds is 2. The molecule has 1 heterocycles. The molecule has 0 saturated heterocycles. The molecular weight excluding hydrogens is 275 g/mol. The van der Waals surface area contributed by atoms with E-state index in [2.05, 4.69) is 9.73 Å². The number of hydrogen-bond acceptors (Lipinski definition) is 4. The first-order chi connectivity index (χ1) is 9.32. The molecule has 0 saturated carbocycles. The van der Waals surface area contributed by atoms with Crippen LogP contribution in [0.15, 0.2) is 29.3 Å². The molecule has 7 heteroatoms. The Morgan fingerprint density at radius 2 is 1.90 bits per heavy atom. The molecule has 2 rings (SSSR count). The summed E-state index contributed by atoms with van der Waals surface area (Å²) in [7, 11) is 1.23. The molecular formula is C13H12F3NO3. The minimum atomic E-state index is -4.48. The highest BCUT2D eigenvalue weighted by Gasteiger charge is 2.49. The van der Waals surface area contributed by atoms with Gasteiger partial charge in [-0.2, -0.15) is 13.2 Å². The van der Waals surface area contributed by atoms with Gasteiger partial charge in [0.15, 0.2) is 18.0 Å². The largest absolute Gasteiger partial charge is 0.471 e. The van der Waals surface area contributed by atoms with Crippen molar-refractivity contribution in [2.75, 3.05) is 7.11 Å². The minimum Gasteiger partial charge on any atom is -0.471 e. The number of methoxy groups -OCH3 is 1. The second-order valence-electron chi connectivity index (χ2n) is 4.29. The number of alkyl halides is 3. The Bertz CT molecular complexity index is 537. The van der Waals surface area contributed by atoms with Crippen LogP contribution < -0.4 is 0 Å². The van der Waals surface area contributed by atoms with Crippen LogP contribution in [0, 0.1) is 0 Å². The zero-order valence-corrected chi connectivity index (χ0v) is 10.8. The van der Waals surface area contributed by atoms with Crippen molar-refractivity contribution in [3.63, 3.8) is 0 Å². The Morgan fingerprint density at radius 1 is 1.30 bits per heavy atom. The lowest BCUT2D eigenvalue weighted by molar-refractivity contribution is -0.160. The lowest BCUT2D eigenvalue weighted by Crippen LogP contribution is -2.31. The lowest BCUT2D eigenvalue weighted by atomic mass is 10.0. The number of aliphatic imine (C=N–C) groups is 1. The summed E-state index contributed by atoms with van der Waals surface area (Å²) in [6, 6.07) is 3.68. The Morgan fingerprint density at radius 3 is 2.40 bits per heavy atom. The smallest absolute Gasteiger partial charge is 0.414 e. The van der Waals surface area contributed by atoms with E-state index in [-0.39, 0.29) is 11.5 Å². The molecule has 0 unspecified atom stereocenters. The molecule has 4 nitrogen and oxygen atoms in total. The first-order valence-electron chi connectivity index (χ1n) is 5.79. The van der Waals surface area contributed by atoms with Crippen molar-refractivity contribution in [2.45, 2.75) is 25.2 Å². The molecule has 0 aromatic heterocycles. The average molecular weight is 287 g/mol. The van der Waals surface area contributed by atoms with Crippen LogP contribution >= 0.6 is 0 Å². The number of esters is 1. The predicted molar refractivity (Wildman–Crippen MR) is 64.6 cm³/mol. The Balaban J connectivity index is 2.25. The van der Waals surface area contributed by atoms with E-state index in [0.29, 0.717) is 5.56 Å². The average Bonchev–Trinajstić information content (AvgIpc) is 2.80. The third-order valence-corrected chi connectivity index (χ3v) is 2.90. The van der Waals surface area contributed by atoms with Crippen molar-refractivity contribution < 1.29 is 27.4 Å². The molecule has 0 spiro atoms. The molecule has 0 amide bonds. The van der Waals surface area contributed by atoms with E-state index < -0.39 is 24.3 Å². The minimum absolute atomic E-state index is 0.00521. The summed E-state index contributed by atoms with van der Waals surface area (Å²) < 4.78 is 48.3. The summed E-state index contributed by atoms with van der Waals surface area (Å²) in [5, 5.41) is 0. The number of carbonyl (C=O) groups excluding carboxylic acids is 1. The third-order valence-electron chi connectivity index (χ3n) is 2.90. The van der Waals surface area contributed by atoms with E-state index in [1.165, 1.54) is 38.3 Å². The highest BCUT2D eigenvalue weighted by atomic mass is 19.4. The summed E-state index contributed by atoms with van der Waals surface area (Å²) in [4.78, 5) is 14.7. The fraction of sp³-hybridized carbons (Fsp3) is 0.385. The van der Waals surface area contributed by atoms with Gasteiger partial charge in [0.2, 0.25) is 0 Å². The summed E-state index contributed by atoms with van der Waals surface area (Å²) in [5.41, 5.74) is 0.566. The molecule has 0 aliphatic carbocycles. The van der Waals surface area contributed by atoms with Crippen molar-refractivity contribution in [1.29, 1.82) is 0 Å². The van der Waals surface area contributed by atoms with Crippen molar-refractivity contribution in [3.8, 4) is 0 Å². The quantitative estimate of drug-likeness (QED) is 0.786. The monoisotopic (exact) mass is 287 g/mol. The molecule has 20 heavy (non-hydrogen) atoms. The first-order valence-corrected chi connectivity index (χ1v) is 5.79. The molecule has 0 bridgehead atoms. The van der Waals surface area contributed by atoms with Gasteiger partial charge in [-0.25, -0.2) is 9.79 Å².